The molecule has 8 heteroatoms. The fourth-order valence-corrected chi connectivity index (χ4v) is 6.33. The molecular formula is C35H38F3N3O2. The van der Waals surface area contributed by atoms with Crippen LogP contribution in [-0.4, -0.2) is 55.2 Å². The van der Waals surface area contributed by atoms with Gasteiger partial charge in [0.05, 0.1) is 12.6 Å². The molecule has 3 aromatic rings. The highest BCUT2D eigenvalue weighted by atomic mass is 19.2. The Morgan fingerprint density at radius 2 is 1.72 bits per heavy atom. The first kappa shape index (κ1) is 29.5. The summed E-state index contributed by atoms with van der Waals surface area (Å²) < 4.78 is 46.4. The van der Waals surface area contributed by atoms with Gasteiger partial charge in [-0.1, -0.05) is 48.5 Å². The largest absolute Gasteiger partial charge is 0.488 e. The van der Waals surface area contributed by atoms with Crippen LogP contribution in [0.5, 0.6) is 5.75 Å². The van der Waals surface area contributed by atoms with Crippen molar-refractivity contribution in [2.24, 2.45) is 0 Å². The van der Waals surface area contributed by atoms with Crippen LogP contribution in [0, 0.1) is 24.4 Å². The van der Waals surface area contributed by atoms with Crippen molar-refractivity contribution in [1.29, 1.82) is 0 Å². The molecule has 1 saturated heterocycles. The normalized spacial score (nSPS) is 19.8. The number of amides is 1. The summed E-state index contributed by atoms with van der Waals surface area (Å²) in [5.74, 6) is -3.89. The van der Waals surface area contributed by atoms with Gasteiger partial charge < -0.3 is 20.3 Å². The van der Waals surface area contributed by atoms with Gasteiger partial charge in [-0.05, 0) is 85.4 Å². The van der Waals surface area contributed by atoms with E-state index in [1.807, 2.05) is 18.2 Å². The number of benzene rings is 3. The molecule has 3 aromatic carbocycles. The Morgan fingerprint density at radius 3 is 2.49 bits per heavy atom. The lowest BCUT2D eigenvalue weighted by atomic mass is 9.83. The Bertz CT molecular complexity index is 1500. The van der Waals surface area contributed by atoms with E-state index in [1.54, 1.807) is 0 Å². The highest BCUT2D eigenvalue weighted by Crippen LogP contribution is 2.36. The Balaban J connectivity index is 1.17. The Kier molecular flexibility index (Phi) is 8.86. The zero-order valence-electron chi connectivity index (χ0n) is 24.5. The molecule has 226 valence electrons. The van der Waals surface area contributed by atoms with Gasteiger partial charge in [-0.15, -0.1) is 0 Å². The maximum absolute atomic E-state index is 14.3. The number of fused-ring (bicyclic) bond motifs is 2. The molecule has 2 fully saturated rings. The second kappa shape index (κ2) is 12.9. The number of nitrogens with one attached hydrogen (secondary N) is 2. The number of piperazine rings is 1. The first-order chi connectivity index (χ1) is 20.9. The standard InChI is InChI=1S/C35H38F3N3O2/c1-22-5-2-3-7-24(22)16-17-41(27-12-13-27)35(42)32-28(19-26-20-39-21-31(32)40-26)25-10-8-23(9-11-25)6-4-18-43-34-30(37)15-14-29(36)33(34)38/h2-3,5,7-11,14-15,26-27,31,39-40H,4,6,12-13,16-21H2,1H3/t26?,31-/m1/s1. The van der Waals surface area contributed by atoms with Crippen molar-refractivity contribution in [3.8, 4) is 5.75 Å². The molecule has 0 spiro atoms. The molecule has 2 bridgehead atoms. The van der Waals surface area contributed by atoms with E-state index in [0.717, 1.165) is 73.2 Å². The molecule has 2 aliphatic heterocycles. The maximum Gasteiger partial charge on any atom is 0.251 e. The summed E-state index contributed by atoms with van der Waals surface area (Å²) >= 11 is 0. The highest BCUT2D eigenvalue weighted by Gasteiger charge is 2.40. The highest BCUT2D eigenvalue weighted by molar-refractivity contribution is 6.03. The van der Waals surface area contributed by atoms with Crippen LogP contribution in [-0.2, 0) is 17.6 Å². The SMILES string of the molecule is Cc1ccccc1CCN(C(=O)C1=C(c2ccc(CCCOc3c(F)ccc(F)c3F)cc2)CC2CNC[C@H]1N2)C1CC1. The van der Waals surface area contributed by atoms with Crippen LogP contribution in [0.3, 0.4) is 0 Å². The zero-order valence-corrected chi connectivity index (χ0v) is 24.5. The van der Waals surface area contributed by atoms with Crippen LogP contribution in [0.2, 0.25) is 0 Å². The van der Waals surface area contributed by atoms with Gasteiger partial charge in [0.15, 0.2) is 17.4 Å². The molecule has 1 aliphatic carbocycles. The fraction of sp³-hybridized carbons (Fsp3) is 0.400. The van der Waals surface area contributed by atoms with Gasteiger partial charge in [0.2, 0.25) is 5.82 Å². The van der Waals surface area contributed by atoms with E-state index in [0.29, 0.717) is 25.4 Å². The van der Waals surface area contributed by atoms with Gasteiger partial charge in [-0.3, -0.25) is 4.79 Å². The van der Waals surface area contributed by atoms with E-state index in [4.69, 9.17) is 4.74 Å². The average Bonchev–Trinajstić information content (AvgIpc) is 3.85. The lowest BCUT2D eigenvalue weighted by Crippen LogP contribution is -2.60. The third kappa shape index (κ3) is 6.65. The summed E-state index contributed by atoms with van der Waals surface area (Å²) in [6.07, 6.45) is 4.87. The smallest absolute Gasteiger partial charge is 0.251 e. The molecule has 2 atom stereocenters. The first-order valence-electron chi connectivity index (χ1n) is 15.3. The lowest BCUT2D eigenvalue weighted by Gasteiger charge is -2.41. The number of halogens is 3. The predicted octanol–water partition coefficient (Wildman–Crippen LogP) is 5.74. The monoisotopic (exact) mass is 589 g/mol. The molecule has 0 radical (unpaired) electrons. The minimum Gasteiger partial charge on any atom is -0.488 e. The van der Waals surface area contributed by atoms with Crippen LogP contribution in [0.4, 0.5) is 13.2 Å². The number of hydrogen-bond acceptors (Lipinski definition) is 4. The van der Waals surface area contributed by atoms with Crippen molar-refractivity contribution in [3.63, 3.8) is 0 Å². The van der Waals surface area contributed by atoms with Crippen LogP contribution >= 0.6 is 0 Å². The number of carbonyl (C=O) groups is 1. The van der Waals surface area contributed by atoms with Crippen LogP contribution in [0.25, 0.3) is 5.57 Å². The fourth-order valence-electron chi connectivity index (χ4n) is 6.33. The van der Waals surface area contributed by atoms with E-state index in [9.17, 15) is 18.0 Å². The molecule has 0 aromatic heterocycles. The molecule has 3 aliphatic rings. The van der Waals surface area contributed by atoms with Crippen molar-refractivity contribution < 1.29 is 22.7 Å². The third-order valence-corrected chi connectivity index (χ3v) is 8.82. The van der Waals surface area contributed by atoms with Crippen LogP contribution < -0.4 is 15.4 Å². The number of hydrogen-bond donors (Lipinski definition) is 2. The summed E-state index contributed by atoms with van der Waals surface area (Å²) in [7, 11) is 0. The molecule has 1 unspecified atom stereocenters. The molecule has 2 heterocycles. The molecule has 6 rings (SSSR count). The van der Waals surface area contributed by atoms with Crippen molar-refractivity contribution in [2.45, 2.75) is 63.6 Å². The van der Waals surface area contributed by atoms with Crippen molar-refractivity contribution in [2.75, 3.05) is 26.2 Å². The summed E-state index contributed by atoms with van der Waals surface area (Å²) in [6.45, 7) is 4.48. The van der Waals surface area contributed by atoms with Gasteiger partial charge in [0.25, 0.3) is 5.91 Å². The van der Waals surface area contributed by atoms with E-state index in [1.165, 1.54) is 11.1 Å². The first-order valence-corrected chi connectivity index (χ1v) is 15.3. The van der Waals surface area contributed by atoms with Gasteiger partial charge in [-0.25, -0.2) is 8.78 Å². The van der Waals surface area contributed by atoms with Crippen molar-refractivity contribution in [3.05, 3.63) is 106 Å². The maximum atomic E-state index is 14.3. The number of ether oxygens (including phenoxy) is 1. The second-order valence-corrected chi connectivity index (χ2v) is 11.9. The van der Waals surface area contributed by atoms with Gasteiger partial charge in [0.1, 0.15) is 0 Å². The number of aryl methyl sites for hydroxylation is 2. The van der Waals surface area contributed by atoms with Gasteiger partial charge in [0, 0.05) is 37.3 Å². The zero-order chi connectivity index (χ0) is 29.9. The summed E-state index contributed by atoms with van der Waals surface area (Å²) in [5.41, 5.74) is 6.64. The van der Waals surface area contributed by atoms with Gasteiger partial charge in [-0.2, -0.15) is 4.39 Å². The molecular weight excluding hydrogens is 551 g/mol. The van der Waals surface area contributed by atoms with E-state index in [-0.39, 0.29) is 24.6 Å². The minimum absolute atomic E-state index is 0.0323. The average molecular weight is 590 g/mol. The Morgan fingerprint density at radius 1 is 0.953 bits per heavy atom. The predicted molar refractivity (Wildman–Crippen MR) is 161 cm³/mol. The van der Waals surface area contributed by atoms with E-state index in [2.05, 4.69) is 52.8 Å². The number of rotatable bonds is 11. The molecule has 1 amide bonds. The quantitative estimate of drug-likeness (QED) is 0.221. The second-order valence-electron chi connectivity index (χ2n) is 11.9. The van der Waals surface area contributed by atoms with Crippen molar-refractivity contribution in [1.82, 2.24) is 15.5 Å². The molecule has 43 heavy (non-hydrogen) atoms. The van der Waals surface area contributed by atoms with Crippen molar-refractivity contribution >= 4 is 11.5 Å². The Hall–Kier alpha value is -3.62. The van der Waals surface area contributed by atoms with Crippen LogP contribution in [0.15, 0.2) is 66.2 Å². The summed E-state index contributed by atoms with van der Waals surface area (Å²) in [4.78, 5) is 16.4. The molecule has 1 saturated carbocycles. The number of carbonyl (C=O) groups excluding carboxylic acids is 1. The van der Waals surface area contributed by atoms with Crippen LogP contribution in [0.1, 0.15) is 47.9 Å². The van der Waals surface area contributed by atoms with Gasteiger partial charge >= 0.3 is 0 Å². The Labute approximate surface area is 251 Å². The third-order valence-electron chi connectivity index (χ3n) is 8.82. The van der Waals surface area contributed by atoms with E-state index >= 15 is 0 Å². The summed E-state index contributed by atoms with van der Waals surface area (Å²) in [6, 6.07) is 18.8. The minimum atomic E-state index is -1.31. The topological polar surface area (TPSA) is 53.6 Å². The lowest BCUT2D eigenvalue weighted by molar-refractivity contribution is -0.128. The molecule has 5 nitrogen and oxygen atoms in total. The number of nitrogens with zero attached hydrogens (tertiary/aromatic N) is 1. The summed E-state index contributed by atoms with van der Waals surface area (Å²) in [5, 5.41) is 7.20. The molecule has 2 N–H and O–H groups in total. The van der Waals surface area contributed by atoms with E-state index < -0.39 is 23.2 Å².